The largest absolute Gasteiger partial charge is 0.444 e. The van der Waals surface area contributed by atoms with Crippen molar-refractivity contribution in [2.24, 2.45) is 0 Å². The number of anilines is 2. The number of alkyl carbamates (subject to hydrolysis) is 1. The van der Waals surface area contributed by atoms with E-state index in [1.807, 2.05) is 50.9 Å². The molecule has 71 heavy (non-hydrogen) atoms. The minimum absolute atomic E-state index is 0.0268. The number of rotatable bonds is 23. The number of carbonyl (C=O) groups is 3. The third kappa shape index (κ3) is 15.1. The molecule has 0 radical (unpaired) electrons. The van der Waals surface area contributed by atoms with Crippen molar-refractivity contribution in [1.29, 1.82) is 0 Å². The first-order valence-electron chi connectivity index (χ1n) is 25.6. The lowest BCUT2D eigenvalue weighted by molar-refractivity contribution is -0.707. The molecule has 1 saturated heterocycles. The van der Waals surface area contributed by atoms with Gasteiger partial charge in [-0.05, 0) is 114 Å². The van der Waals surface area contributed by atoms with E-state index in [1.54, 1.807) is 0 Å². The van der Waals surface area contributed by atoms with Crippen LogP contribution in [-0.4, -0.2) is 93.2 Å². The average molecular weight is 1000 g/mol. The number of para-hydroxylation sites is 2. The summed E-state index contributed by atoms with van der Waals surface area (Å²) in [6.45, 7) is 12.3. The van der Waals surface area contributed by atoms with Crippen LogP contribution >= 0.6 is 23.1 Å². The van der Waals surface area contributed by atoms with Gasteiger partial charge in [0.1, 0.15) is 10.1 Å². The van der Waals surface area contributed by atoms with E-state index >= 15 is 0 Å². The summed E-state index contributed by atoms with van der Waals surface area (Å²) in [6, 6.07) is 16.9. The Morgan fingerprint density at radius 3 is 2.25 bits per heavy atom. The van der Waals surface area contributed by atoms with E-state index in [0.717, 1.165) is 70.1 Å². The zero-order chi connectivity index (χ0) is 50.2. The Morgan fingerprint density at radius 1 is 0.831 bits per heavy atom. The summed E-state index contributed by atoms with van der Waals surface area (Å²) in [5.41, 5.74) is 7.75. The number of hydrogen-bond acceptors (Lipinski definition) is 10. The van der Waals surface area contributed by atoms with Crippen molar-refractivity contribution in [3.63, 3.8) is 0 Å². The van der Waals surface area contributed by atoms with Crippen molar-refractivity contribution >= 4 is 81.8 Å². The van der Waals surface area contributed by atoms with Crippen LogP contribution in [0.5, 0.6) is 0 Å². The Labute approximate surface area is 430 Å². The number of thiazole rings is 1. The first-order chi connectivity index (χ1) is 34.4. The van der Waals surface area contributed by atoms with Gasteiger partial charge in [-0.3, -0.25) is 14.5 Å². The molecule has 2 aliphatic heterocycles. The van der Waals surface area contributed by atoms with Crippen LogP contribution in [0.1, 0.15) is 108 Å². The highest BCUT2D eigenvalue weighted by Crippen LogP contribution is 2.48. The molecule has 0 spiro atoms. The second kappa shape index (κ2) is 26.0. The van der Waals surface area contributed by atoms with E-state index in [0.29, 0.717) is 52.1 Å². The fourth-order valence-corrected chi connectivity index (χ4v) is 11.6. The van der Waals surface area contributed by atoms with Crippen LogP contribution in [0.25, 0.3) is 29.4 Å². The highest BCUT2D eigenvalue weighted by Gasteiger charge is 2.29. The van der Waals surface area contributed by atoms with Crippen LogP contribution < -0.4 is 40.6 Å². The molecule has 2 aromatic carbocycles. The molecule has 2 aliphatic carbocycles. The molecule has 1 aromatic heterocycles. The van der Waals surface area contributed by atoms with E-state index in [1.165, 1.54) is 58.5 Å². The Morgan fingerprint density at radius 2 is 1.51 bits per heavy atom. The lowest BCUT2D eigenvalue weighted by Gasteiger charge is -2.24. The zero-order valence-electron chi connectivity index (χ0n) is 42.8. The molecule has 4 N–H and O–H groups in total. The number of carbonyl (C=O) groups excluding carboxylic acids is 3. The van der Waals surface area contributed by atoms with E-state index in [-0.39, 0.29) is 11.8 Å². The zero-order valence-corrected chi connectivity index (χ0v) is 44.4. The Bertz CT molecular complexity index is 2690. The molecule has 7 rings (SSSR count). The Balaban J connectivity index is 0.866. The third-order valence-electron chi connectivity index (χ3n) is 12.8. The van der Waals surface area contributed by atoms with E-state index < -0.39 is 11.7 Å². The van der Waals surface area contributed by atoms with Crippen molar-refractivity contribution in [3.8, 4) is 0 Å². The topological polar surface area (TPSA) is 122 Å². The summed E-state index contributed by atoms with van der Waals surface area (Å²) in [5.74, 6) is 0.0558. The summed E-state index contributed by atoms with van der Waals surface area (Å²) in [7, 11) is 4.04. The minimum atomic E-state index is -0.595. The first kappa shape index (κ1) is 53.0. The molecule has 12 nitrogen and oxygen atoms in total. The predicted octanol–water partition coefficient (Wildman–Crippen LogP) is 8.89. The van der Waals surface area contributed by atoms with Crippen molar-refractivity contribution in [1.82, 2.24) is 25.8 Å². The van der Waals surface area contributed by atoms with E-state index in [9.17, 15) is 14.4 Å². The molecular formula is C57H75N8O4S2+. The summed E-state index contributed by atoms with van der Waals surface area (Å²) < 4.78 is 9.21. The molecule has 0 bridgehead atoms. The summed E-state index contributed by atoms with van der Waals surface area (Å²) >= 11 is 3.68. The van der Waals surface area contributed by atoms with Gasteiger partial charge in [-0.2, -0.15) is 4.57 Å². The monoisotopic (exact) mass is 1000 g/mol. The molecular weight excluding hydrogens is 925 g/mol. The standard InChI is InChI=1S/C57H74N8O4S2/c1-7-42(44-20-8-10-22-46(44)58-5)40-54-64(48-24-12-14-26-50(48)70-54)34-18-16-28-52(66)59-31-37-63(39-33-61-56(68)69-57(2,3)4)38-32-60-53(67)29-17-19-35-65-49-25-13-15-27-51(49)71-55(65)41-43-30-36-62(6)47-23-11-9-21-45(43)47/h7-11,20-27,30,36,40-41,58H,12-19,28-29,31-35,37-39H2,1-6H3,(H2-,59,60,61,66,67,68)/p+1/b42-7-,54-40-. The second-order valence-corrected chi connectivity index (χ2v) is 21.4. The van der Waals surface area contributed by atoms with Gasteiger partial charge in [-0.15, -0.1) is 0 Å². The maximum atomic E-state index is 13.2. The normalized spacial score (nSPS) is 16.4. The van der Waals surface area contributed by atoms with Gasteiger partial charge >= 0.3 is 6.09 Å². The van der Waals surface area contributed by atoms with Crippen molar-refractivity contribution < 1.29 is 23.7 Å². The number of aromatic nitrogens is 1. The number of amides is 3. The van der Waals surface area contributed by atoms with Crippen LogP contribution in [0, 0.1) is 0 Å². The van der Waals surface area contributed by atoms with E-state index in [4.69, 9.17) is 4.74 Å². The second-order valence-electron chi connectivity index (χ2n) is 19.3. The Kier molecular flexibility index (Phi) is 19.4. The highest BCUT2D eigenvalue weighted by molar-refractivity contribution is 8.07. The van der Waals surface area contributed by atoms with Gasteiger partial charge in [0, 0.05) is 119 Å². The van der Waals surface area contributed by atoms with Gasteiger partial charge in [0.25, 0.3) is 5.01 Å². The predicted molar refractivity (Wildman–Crippen MR) is 296 cm³/mol. The SMILES string of the molecule is C/C=C(/C=C1\SC2=CCCC=C2N1CCCCC(=O)NCCN(CCNC(=O)CCCC[n+]1c(/C=C2\C=CN(C)c3ccccc32)sc2c1=CCCC=2)CCNC(=O)OC(C)(C)C)c1ccccc1NC. The molecule has 3 amide bonds. The van der Waals surface area contributed by atoms with Crippen LogP contribution in [-0.2, 0) is 20.9 Å². The minimum Gasteiger partial charge on any atom is -0.444 e. The number of benzene rings is 2. The maximum absolute atomic E-state index is 13.2. The number of hydrogen-bond donors (Lipinski definition) is 4. The molecule has 0 unspecified atom stereocenters. The molecule has 0 atom stereocenters. The van der Waals surface area contributed by atoms with E-state index in [2.05, 4.69) is 158 Å². The smallest absolute Gasteiger partial charge is 0.407 e. The average Bonchev–Trinajstić information content (AvgIpc) is 3.89. The summed E-state index contributed by atoms with van der Waals surface area (Å²) in [4.78, 5) is 46.8. The van der Waals surface area contributed by atoms with Crippen molar-refractivity contribution in [3.05, 3.63) is 127 Å². The maximum Gasteiger partial charge on any atom is 0.407 e. The number of fused-ring (bicyclic) bond motifs is 3. The number of nitrogens with one attached hydrogen (secondary N) is 4. The van der Waals surface area contributed by atoms with Crippen LogP contribution in [0.15, 0.2) is 101 Å². The number of unbranched alkanes of at least 4 members (excludes halogenated alkanes) is 2. The lowest BCUT2D eigenvalue weighted by atomic mass is 10.00. The molecule has 3 aromatic rings. The molecule has 378 valence electrons. The van der Waals surface area contributed by atoms with Crippen molar-refractivity contribution in [2.75, 3.05) is 70.1 Å². The fraction of sp³-hybridized carbons (Fsp3) is 0.439. The van der Waals surface area contributed by atoms with Gasteiger partial charge in [0.05, 0.1) is 10.7 Å². The molecule has 14 heteroatoms. The van der Waals surface area contributed by atoms with Crippen LogP contribution in [0.4, 0.5) is 16.2 Å². The van der Waals surface area contributed by atoms with Gasteiger partial charge in [0.15, 0.2) is 6.54 Å². The molecule has 0 saturated carbocycles. The van der Waals surface area contributed by atoms with Gasteiger partial charge in [-0.1, -0.05) is 83.8 Å². The van der Waals surface area contributed by atoms with Gasteiger partial charge in [-0.25, -0.2) is 4.79 Å². The fourth-order valence-electron chi connectivity index (χ4n) is 9.21. The van der Waals surface area contributed by atoms with Crippen molar-refractivity contribution in [2.45, 2.75) is 104 Å². The first-order valence-corrected chi connectivity index (χ1v) is 27.2. The Hall–Kier alpha value is -5.83. The van der Waals surface area contributed by atoms with Gasteiger partial charge in [0.2, 0.25) is 17.2 Å². The molecule has 1 fully saturated rings. The summed E-state index contributed by atoms with van der Waals surface area (Å²) in [5, 5.41) is 16.2. The molecule has 3 heterocycles. The number of ether oxygens (including phenoxy) is 1. The lowest BCUT2D eigenvalue weighted by Crippen LogP contribution is -2.54. The number of allylic oxidation sites excluding steroid dienone is 7. The summed E-state index contributed by atoms with van der Waals surface area (Å²) in [6.07, 6.45) is 28.5. The third-order valence-corrected chi connectivity index (χ3v) is 15.1. The highest BCUT2D eigenvalue weighted by atomic mass is 32.2. The van der Waals surface area contributed by atoms with Crippen LogP contribution in [0.3, 0.4) is 0 Å². The molecule has 4 aliphatic rings. The number of thioether (sulfide) groups is 1. The number of nitrogens with zero attached hydrogens (tertiary/aromatic N) is 4. The van der Waals surface area contributed by atoms with Crippen LogP contribution in [0.2, 0.25) is 0 Å². The van der Waals surface area contributed by atoms with Gasteiger partial charge < -0.3 is 35.8 Å². The quantitative estimate of drug-likeness (QED) is 0.0546.